The van der Waals surface area contributed by atoms with Crippen molar-refractivity contribution < 1.29 is 4.74 Å². The van der Waals surface area contributed by atoms with E-state index in [2.05, 4.69) is 158 Å². The maximum Gasteiger partial charge on any atom is 0.164 e. The van der Waals surface area contributed by atoms with Gasteiger partial charge in [-0.3, -0.25) is 0 Å². The van der Waals surface area contributed by atoms with Crippen LogP contribution in [0, 0.1) is 23.2 Å². The van der Waals surface area contributed by atoms with E-state index in [0.29, 0.717) is 28.3 Å². The lowest BCUT2D eigenvalue weighted by Crippen LogP contribution is -2.38. The summed E-state index contributed by atoms with van der Waals surface area (Å²) >= 11 is 1.82. The molecule has 5 heteroatoms. The van der Waals surface area contributed by atoms with E-state index in [1.54, 1.807) is 0 Å². The van der Waals surface area contributed by atoms with E-state index in [1.807, 2.05) is 11.3 Å². The first-order valence-corrected chi connectivity index (χ1v) is 22.8. The molecule has 0 saturated heterocycles. The molecule has 16 rings (SSSR count). The summed E-state index contributed by atoms with van der Waals surface area (Å²) in [6.07, 6.45) is 7.14. The normalized spacial score (nSPS) is 25.0. The summed E-state index contributed by atoms with van der Waals surface area (Å²) in [6, 6.07) is 57.6. The Hall–Kier alpha value is -6.43. The molecule has 5 saturated carbocycles. The average molecular weight is 802 g/mol. The first kappa shape index (κ1) is 33.3. The lowest BCUT2D eigenvalue weighted by atomic mass is 9.59. The van der Waals surface area contributed by atoms with E-state index in [0.717, 1.165) is 57.1 Å². The van der Waals surface area contributed by atoms with Crippen molar-refractivity contribution in [3.63, 3.8) is 0 Å². The Balaban J connectivity index is 0.893. The van der Waals surface area contributed by atoms with Gasteiger partial charge in [0.05, 0.1) is 5.41 Å². The van der Waals surface area contributed by atoms with Crippen LogP contribution in [0.15, 0.2) is 158 Å². The molecule has 2 spiro atoms. The van der Waals surface area contributed by atoms with Crippen molar-refractivity contribution in [2.45, 2.75) is 42.9 Å². The fourth-order valence-corrected chi connectivity index (χ4v) is 15.2. The van der Waals surface area contributed by atoms with Crippen molar-refractivity contribution in [3.8, 4) is 56.8 Å². The monoisotopic (exact) mass is 801 g/mol. The van der Waals surface area contributed by atoms with Crippen molar-refractivity contribution in [2.75, 3.05) is 0 Å². The quantitative estimate of drug-likeness (QED) is 0.178. The number of hydrogen-bond donors (Lipinski definition) is 0. The summed E-state index contributed by atoms with van der Waals surface area (Å²) in [5.74, 6) is 6.61. The minimum atomic E-state index is -0.523. The third-order valence-corrected chi connectivity index (χ3v) is 17.5. The molecule has 7 aliphatic rings. The molecule has 0 radical (unpaired) electrons. The average Bonchev–Trinajstić information content (AvgIpc) is 4.11. The van der Waals surface area contributed by atoms with Gasteiger partial charge in [-0.2, -0.15) is 0 Å². The summed E-state index contributed by atoms with van der Waals surface area (Å²) in [7, 11) is 0. The maximum atomic E-state index is 6.91. The Kier molecular flexibility index (Phi) is 6.27. The van der Waals surface area contributed by atoms with Crippen LogP contribution in [0.4, 0.5) is 0 Å². The molecular weight excluding hydrogens is 763 g/mol. The molecule has 3 heterocycles. The van der Waals surface area contributed by atoms with Gasteiger partial charge in [0.1, 0.15) is 11.5 Å². The zero-order chi connectivity index (χ0) is 39.7. The van der Waals surface area contributed by atoms with Crippen molar-refractivity contribution in [2.24, 2.45) is 23.2 Å². The van der Waals surface area contributed by atoms with E-state index in [4.69, 9.17) is 19.7 Å². The molecule has 5 fully saturated rings. The Labute approximate surface area is 358 Å². The van der Waals surface area contributed by atoms with Crippen LogP contribution in [0.2, 0.25) is 0 Å². The standard InChI is InChI=1S/C56H39N3OS/c1-4-12-42-38(9-1)39-10-2-5-13-43(39)56(42)44-14-6-7-15-47(44)60-48-26-33(20-24-45(48)56)52-57-51(58-53(59-52)34-19-23-41-40-11-3-8-16-49(40)61-50(41)27-34)32-17-21-36(22-18-32)54-29-37-25-35-28-55(37,31-54)46(35)30-54/h1-24,26-27,35,37,46H,25,28-31H2/t35?,37-,46-,54?,55?/m0/s1. The molecular formula is C56H39N3OS. The van der Waals surface area contributed by atoms with Crippen molar-refractivity contribution in [1.82, 2.24) is 15.0 Å². The third kappa shape index (κ3) is 4.18. The molecule has 4 nitrogen and oxygen atoms in total. The van der Waals surface area contributed by atoms with Gasteiger partial charge in [0.15, 0.2) is 17.5 Å². The van der Waals surface area contributed by atoms with Crippen molar-refractivity contribution in [1.29, 1.82) is 0 Å². The van der Waals surface area contributed by atoms with Gasteiger partial charge in [-0.1, -0.05) is 133 Å². The van der Waals surface area contributed by atoms with Gasteiger partial charge in [-0.25, -0.2) is 15.0 Å². The van der Waals surface area contributed by atoms with Gasteiger partial charge in [0.25, 0.3) is 0 Å². The van der Waals surface area contributed by atoms with E-state index in [-0.39, 0.29) is 0 Å². The Morgan fingerprint density at radius 3 is 1.90 bits per heavy atom. The highest BCUT2D eigenvalue weighted by Crippen LogP contribution is 2.83. The van der Waals surface area contributed by atoms with E-state index in [1.165, 1.54) is 80.1 Å². The molecule has 1 aliphatic heterocycles. The van der Waals surface area contributed by atoms with Gasteiger partial charge in [0.2, 0.25) is 0 Å². The first-order chi connectivity index (χ1) is 30.1. The van der Waals surface area contributed by atoms with Crippen LogP contribution < -0.4 is 4.74 Å². The number of rotatable bonds is 4. The van der Waals surface area contributed by atoms with Crippen molar-refractivity contribution in [3.05, 3.63) is 186 Å². The molecule has 6 aliphatic carbocycles. The first-order valence-electron chi connectivity index (χ1n) is 22.0. The molecule has 61 heavy (non-hydrogen) atoms. The molecule has 290 valence electrons. The molecule has 3 unspecified atom stereocenters. The second-order valence-electron chi connectivity index (χ2n) is 18.9. The summed E-state index contributed by atoms with van der Waals surface area (Å²) in [5.41, 5.74) is 12.3. The summed E-state index contributed by atoms with van der Waals surface area (Å²) < 4.78 is 9.42. The van der Waals surface area contributed by atoms with Gasteiger partial charge in [0, 0.05) is 48.0 Å². The number of aromatic nitrogens is 3. The Morgan fingerprint density at radius 2 is 1.13 bits per heavy atom. The smallest absolute Gasteiger partial charge is 0.164 e. The van der Waals surface area contributed by atoms with Crippen LogP contribution in [-0.4, -0.2) is 15.0 Å². The number of nitrogens with zero attached hydrogens (tertiary/aromatic N) is 3. The van der Waals surface area contributed by atoms with Gasteiger partial charge in [-0.05, 0) is 113 Å². The van der Waals surface area contributed by atoms with Crippen LogP contribution in [0.25, 0.3) is 65.5 Å². The fourth-order valence-electron chi connectivity index (χ4n) is 14.1. The molecule has 0 amide bonds. The van der Waals surface area contributed by atoms with E-state index in [9.17, 15) is 0 Å². The number of para-hydroxylation sites is 1. The molecule has 9 aromatic rings. The van der Waals surface area contributed by atoms with Crippen LogP contribution in [0.1, 0.15) is 59.9 Å². The molecule has 7 aromatic carbocycles. The topological polar surface area (TPSA) is 47.9 Å². The predicted molar refractivity (Wildman–Crippen MR) is 244 cm³/mol. The SMILES string of the molecule is c1ccc2c(c1)Oc1cc(-c3nc(-c4ccc(C56C[C@@H]7CC8CC7(C5)[C@H]8C6)cc4)nc(-c4ccc5c(c4)sc4ccccc45)n3)ccc1C21c2ccccc2-c2ccccc21. The number of hydrogen-bond acceptors (Lipinski definition) is 5. The molecule has 5 atom stereocenters. The lowest BCUT2D eigenvalue weighted by molar-refractivity contribution is 0.0381. The van der Waals surface area contributed by atoms with Crippen LogP contribution in [-0.2, 0) is 10.8 Å². The fraction of sp³-hybridized carbons (Fsp3) is 0.196. The Morgan fingerprint density at radius 1 is 0.508 bits per heavy atom. The van der Waals surface area contributed by atoms with Crippen LogP contribution in [0.3, 0.4) is 0 Å². The van der Waals surface area contributed by atoms with Crippen LogP contribution >= 0.6 is 11.3 Å². The highest BCUT2D eigenvalue weighted by Gasteiger charge is 2.76. The third-order valence-electron chi connectivity index (χ3n) is 16.4. The second-order valence-corrected chi connectivity index (χ2v) is 20.0. The number of benzene rings is 7. The maximum absolute atomic E-state index is 6.91. The highest BCUT2D eigenvalue weighted by atomic mass is 32.1. The Bertz CT molecular complexity index is 3330. The zero-order valence-electron chi connectivity index (χ0n) is 33.4. The summed E-state index contributed by atoms with van der Waals surface area (Å²) in [5, 5.41) is 2.55. The van der Waals surface area contributed by atoms with Crippen molar-refractivity contribution >= 4 is 31.5 Å². The van der Waals surface area contributed by atoms with Gasteiger partial charge < -0.3 is 4.74 Å². The minimum Gasteiger partial charge on any atom is -0.457 e. The summed E-state index contributed by atoms with van der Waals surface area (Å²) in [6.45, 7) is 0. The minimum absolute atomic E-state index is 0.355. The largest absolute Gasteiger partial charge is 0.457 e. The highest BCUT2D eigenvalue weighted by molar-refractivity contribution is 7.25. The van der Waals surface area contributed by atoms with E-state index >= 15 is 0 Å². The summed E-state index contributed by atoms with van der Waals surface area (Å²) in [4.78, 5) is 15.8. The number of fused-ring (bicyclic) bond motifs is 13. The second kappa shape index (κ2) is 11.5. The van der Waals surface area contributed by atoms with Gasteiger partial charge in [-0.15, -0.1) is 11.3 Å². The molecule has 0 N–H and O–H groups in total. The van der Waals surface area contributed by atoms with Gasteiger partial charge >= 0.3 is 0 Å². The number of thiophene rings is 1. The lowest BCUT2D eigenvalue weighted by Gasteiger charge is -2.45. The predicted octanol–water partition coefficient (Wildman–Crippen LogP) is 13.8. The molecule has 2 aromatic heterocycles. The zero-order valence-corrected chi connectivity index (χ0v) is 34.3. The van der Waals surface area contributed by atoms with E-state index < -0.39 is 5.41 Å². The van der Waals surface area contributed by atoms with Crippen LogP contribution in [0.5, 0.6) is 11.5 Å². The molecule has 3 bridgehead atoms. The number of ether oxygens (including phenoxy) is 1.